The molecule has 0 unspecified atom stereocenters. The number of carbonyl (C=O) groups is 1. The van der Waals surface area contributed by atoms with Gasteiger partial charge in [0, 0.05) is 17.7 Å². The predicted octanol–water partition coefficient (Wildman–Crippen LogP) is 3.58. The lowest BCUT2D eigenvalue weighted by Gasteiger charge is -2.21. The van der Waals surface area contributed by atoms with Crippen LogP contribution in [-0.4, -0.2) is 40.0 Å². The first-order valence-electron chi connectivity index (χ1n) is 10.1. The number of nitrogens with zero attached hydrogens (tertiary/aromatic N) is 7. The van der Waals surface area contributed by atoms with E-state index >= 15 is 0 Å². The van der Waals surface area contributed by atoms with E-state index in [1.165, 1.54) is 19.3 Å². The van der Waals surface area contributed by atoms with E-state index in [4.69, 9.17) is 16.1 Å². The average Bonchev–Trinajstić information content (AvgIpc) is 3.15. The van der Waals surface area contributed by atoms with Crippen LogP contribution in [-0.2, 0) is 6.54 Å². The largest absolute Gasteiger partial charge is 0.489 e. The van der Waals surface area contributed by atoms with Gasteiger partial charge in [0.15, 0.2) is 11.4 Å². The van der Waals surface area contributed by atoms with Gasteiger partial charge in [0.1, 0.15) is 5.69 Å². The topological polar surface area (TPSA) is 151 Å². The molecule has 0 saturated heterocycles. The Balaban J connectivity index is 1.89. The third-order valence-corrected chi connectivity index (χ3v) is 5.28. The molecule has 1 aliphatic rings. The number of hydrogen-bond acceptors (Lipinski definition) is 7. The van der Waals surface area contributed by atoms with E-state index in [0.29, 0.717) is 36.0 Å². The van der Waals surface area contributed by atoms with Gasteiger partial charge in [0.05, 0.1) is 25.4 Å². The van der Waals surface area contributed by atoms with Gasteiger partial charge in [0.2, 0.25) is 0 Å². The lowest BCUT2D eigenvalue weighted by molar-refractivity contribution is 0.0746. The molecule has 11 heteroatoms. The molecule has 0 bridgehead atoms. The number of amides is 1. The Kier molecular flexibility index (Phi) is 7.58. The number of hydrogen-bond donors (Lipinski definition) is 1. The Morgan fingerprint density at radius 3 is 2.93 bits per heavy atom. The Bertz CT molecular complexity index is 931. The SMILES string of the molecule is [N-]=[N+]=NCc1nc2c(OCC3CCCCC3)cccn2c1C(=O)N(N)CCCN=O. The van der Waals surface area contributed by atoms with E-state index in [1.807, 2.05) is 6.07 Å². The normalized spacial score (nSPS) is 14.3. The zero-order valence-electron chi connectivity index (χ0n) is 16.8. The van der Waals surface area contributed by atoms with E-state index in [1.54, 1.807) is 16.7 Å². The quantitative estimate of drug-likeness (QED) is 0.0920. The molecule has 0 radical (unpaired) electrons. The number of pyridine rings is 1. The number of azide groups is 1. The monoisotopic (exact) mass is 414 g/mol. The summed E-state index contributed by atoms with van der Waals surface area (Å²) in [7, 11) is 0. The summed E-state index contributed by atoms with van der Waals surface area (Å²) in [6.07, 6.45) is 8.08. The summed E-state index contributed by atoms with van der Waals surface area (Å²) >= 11 is 0. The van der Waals surface area contributed by atoms with Crippen molar-refractivity contribution < 1.29 is 9.53 Å². The molecule has 160 valence electrons. The van der Waals surface area contributed by atoms with Crippen LogP contribution < -0.4 is 10.6 Å². The molecule has 0 atom stereocenters. The van der Waals surface area contributed by atoms with Gasteiger partial charge in [-0.1, -0.05) is 29.6 Å². The van der Waals surface area contributed by atoms with E-state index in [0.717, 1.165) is 17.9 Å². The van der Waals surface area contributed by atoms with Crippen LogP contribution in [0.2, 0.25) is 0 Å². The smallest absolute Gasteiger partial charge is 0.286 e. The molecule has 0 aromatic carbocycles. The lowest BCUT2D eigenvalue weighted by atomic mass is 9.90. The fourth-order valence-corrected chi connectivity index (χ4v) is 3.74. The third-order valence-electron chi connectivity index (χ3n) is 5.28. The lowest BCUT2D eigenvalue weighted by Crippen LogP contribution is -2.39. The van der Waals surface area contributed by atoms with Crippen molar-refractivity contribution in [3.8, 4) is 5.75 Å². The van der Waals surface area contributed by atoms with Crippen molar-refractivity contribution in [3.63, 3.8) is 0 Å². The van der Waals surface area contributed by atoms with Crippen LogP contribution in [0.4, 0.5) is 0 Å². The summed E-state index contributed by atoms with van der Waals surface area (Å²) in [5.74, 6) is 6.50. The summed E-state index contributed by atoms with van der Waals surface area (Å²) in [5.41, 5.74) is 9.71. The second-order valence-electron chi connectivity index (χ2n) is 7.38. The number of hydrazine groups is 1. The first-order chi connectivity index (χ1) is 14.7. The number of rotatable bonds is 10. The Morgan fingerprint density at radius 2 is 2.20 bits per heavy atom. The fourth-order valence-electron chi connectivity index (χ4n) is 3.74. The highest BCUT2D eigenvalue weighted by molar-refractivity contribution is 5.94. The number of imidazole rings is 1. The Hall–Kier alpha value is -3.17. The van der Waals surface area contributed by atoms with Gasteiger partial charge in [-0.3, -0.25) is 14.2 Å². The number of nitrogens with two attached hydrogens (primary N) is 1. The van der Waals surface area contributed by atoms with E-state index in [9.17, 15) is 9.70 Å². The molecule has 2 N–H and O–H groups in total. The zero-order chi connectivity index (χ0) is 21.3. The van der Waals surface area contributed by atoms with Crippen LogP contribution in [0.25, 0.3) is 16.1 Å². The second kappa shape index (κ2) is 10.6. The van der Waals surface area contributed by atoms with Crippen molar-refractivity contribution in [1.29, 1.82) is 0 Å². The molecular weight excluding hydrogens is 388 g/mol. The van der Waals surface area contributed by atoms with Crippen LogP contribution >= 0.6 is 0 Å². The molecule has 2 heterocycles. The summed E-state index contributed by atoms with van der Waals surface area (Å²) in [4.78, 5) is 30.5. The molecule has 1 amide bonds. The molecule has 1 aliphatic carbocycles. The molecule has 3 rings (SSSR count). The molecule has 2 aromatic rings. The van der Waals surface area contributed by atoms with Gasteiger partial charge in [-0.25, -0.2) is 10.8 Å². The second-order valence-corrected chi connectivity index (χ2v) is 7.38. The number of aromatic nitrogens is 2. The molecule has 0 aliphatic heterocycles. The first kappa shape index (κ1) is 21.5. The van der Waals surface area contributed by atoms with Gasteiger partial charge in [-0.15, -0.1) is 0 Å². The molecule has 2 aromatic heterocycles. The number of nitroso groups, excluding NO2 is 1. The predicted molar refractivity (Wildman–Crippen MR) is 111 cm³/mol. The van der Waals surface area contributed by atoms with Crippen LogP contribution in [0.1, 0.15) is 54.7 Å². The van der Waals surface area contributed by atoms with Crippen molar-refractivity contribution in [1.82, 2.24) is 14.4 Å². The molecule has 1 fully saturated rings. The summed E-state index contributed by atoms with van der Waals surface area (Å²) in [6.45, 7) is 0.740. The van der Waals surface area contributed by atoms with Gasteiger partial charge in [-0.2, -0.15) is 4.91 Å². The summed E-state index contributed by atoms with van der Waals surface area (Å²) in [6, 6.07) is 3.59. The summed E-state index contributed by atoms with van der Waals surface area (Å²) in [5, 5.41) is 7.35. The van der Waals surface area contributed by atoms with Crippen molar-refractivity contribution in [2.75, 3.05) is 19.7 Å². The molecule has 1 saturated carbocycles. The van der Waals surface area contributed by atoms with Crippen LogP contribution in [0, 0.1) is 10.8 Å². The highest BCUT2D eigenvalue weighted by Gasteiger charge is 2.24. The van der Waals surface area contributed by atoms with Crippen LogP contribution in [0.5, 0.6) is 5.75 Å². The minimum absolute atomic E-state index is 0.0683. The van der Waals surface area contributed by atoms with Crippen molar-refractivity contribution in [2.45, 2.75) is 45.1 Å². The first-order valence-corrected chi connectivity index (χ1v) is 10.1. The number of ether oxygens (including phenoxy) is 1. The highest BCUT2D eigenvalue weighted by atomic mass is 16.5. The molecule has 30 heavy (non-hydrogen) atoms. The minimum atomic E-state index is -0.485. The minimum Gasteiger partial charge on any atom is -0.489 e. The van der Waals surface area contributed by atoms with Crippen molar-refractivity contribution in [3.05, 3.63) is 45.1 Å². The van der Waals surface area contributed by atoms with Crippen LogP contribution in [0.15, 0.2) is 28.6 Å². The highest BCUT2D eigenvalue weighted by Crippen LogP contribution is 2.27. The fraction of sp³-hybridized carbons (Fsp3) is 0.579. The Morgan fingerprint density at radius 1 is 1.40 bits per heavy atom. The Labute approximate surface area is 173 Å². The average molecular weight is 414 g/mol. The molecule has 11 nitrogen and oxygen atoms in total. The van der Waals surface area contributed by atoms with Crippen LogP contribution in [0.3, 0.4) is 0 Å². The summed E-state index contributed by atoms with van der Waals surface area (Å²) < 4.78 is 7.67. The van der Waals surface area contributed by atoms with E-state index < -0.39 is 5.91 Å². The maximum absolute atomic E-state index is 13.0. The van der Waals surface area contributed by atoms with E-state index in [2.05, 4.69) is 20.2 Å². The van der Waals surface area contributed by atoms with Crippen molar-refractivity contribution in [2.24, 2.45) is 22.1 Å². The maximum Gasteiger partial charge on any atom is 0.286 e. The molecular formula is C19H26N8O3. The number of carbonyl (C=O) groups excluding carboxylic acids is 1. The number of fused-ring (bicyclic) bond motifs is 1. The third kappa shape index (κ3) is 5.05. The standard InChI is InChI=1S/C19H26N8O3/c20-25-22-12-15-17(19(28)27(21)11-5-9-23-29)26-10-4-8-16(18(26)24-15)30-13-14-6-2-1-3-7-14/h4,8,10,14H,1-3,5-7,9,11-13,21H2. The van der Waals surface area contributed by atoms with Gasteiger partial charge in [-0.05, 0) is 42.8 Å². The molecule has 0 spiro atoms. The zero-order valence-corrected chi connectivity index (χ0v) is 16.8. The van der Waals surface area contributed by atoms with Gasteiger partial charge < -0.3 is 4.74 Å². The van der Waals surface area contributed by atoms with Gasteiger partial charge >= 0.3 is 0 Å². The van der Waals surface area contributed by atoms with Gasteiger partial charge in [0.25, 0.3) is 5.91 Å². The van der Waals surface area contributed by atoms with Crippen molar-refractivity contribution >= 4 is 11.6 Å². The maximum atomic E-state index is 13.0. The van der Waals surface area contributed by atoms with E-state index in [-0.39, 0.29) is 25.3 Å².